The van der Waals surface area contributed by atoms with Crippen molar-refractivity contribution in [2.75, 3.05) is 18.0 Å². The Bertz CT molecular complexity index is 3860. The maximum atomic E-state index is 12.3. The van der Waals surface area contributed by atoms with Crippen molar-refractivity contribution in [1.29, 1.82) is 0 Å². The molecule has 0 spiro atoms. The number of carbonyl (C=O) groups excluding carboxylic acids is 1. The Kier molecular flexibility index (Phi) is 16.1. The van der Waals surface area contributed by atoms with Crippen LogP contribution in [0.15, 0.2) is 142 Å². The number of amides is 1. The standard InChI is InChI=1S/C55H61N3O14S5/c1-34(74(60,61)62)28-30-57-46-23-13-39-32-42(76(66,67)68)19-21-44(39)51(46)54(3,4)48(57)25-15-37-8-7-9-38(53(37)72-41-17-10-36(11-18-41)12-27-50(59)56-73)16-26-49-55(5,6)52-45-22-20-43(77(69,70)71)33-40(45)14-24-47(52)58(49)31-29-35(2)75(63,64)65/h10-11,13-26,32-35H,7-9,12,27-31H2,1-6H3,(H5-,56,59,60,61,62,63,64,65,66,67,68,69,70,71,73)/p+1. The molecule has 0 bridgehead atoms. The molecule has 5 aromatic carbocycles. The molecule has 77 heavy (non-hydrogen) atoms. The fourth-order valence-electron chi connectivity index (χ4n) is 10.7. The zero-order valence-electron chi connectivity index (χ0n) is 43.3. The lowest BCUT2D eigenvalue weighted by atomic mass is 9.78. The summed E-state index contributed by atoms with van der Waals surface area (Å²) in [6.45, 7) is 11.3. The van der Waals surface area contributed by atoms with Crippen molar-refractivity contribution in [3.8, 4) is 5.75 Å². The minimum atomic E-state index is -4.51. The zero-order valence-corrected chi connectivity index (χ0v) is 47.4. The van der Waals surface area contributed by atoms with E-state index >= 15 is 0 Å². The van der Waals surface area contributed by atoms with Crippen LogP contribution in [0.3, 0.4) is 0 Å². The molecule has 2 aliphatic heterocycles. The summed E-state index contributed by atoms with van der Waals surface area (Å²) in [4.78, 5) is 13.5. The Morgan fingerprint density at radius 1 is 0.727 bits per heavy atom. The summed E-state index contributed by atoms with van der Waals surface area (Å²) in [6.07, 6.45) is 10.6. The van der Waals surface area contributed by atoms with Gasteiger partial charge in [-0.2, -0.15) is 38.2 Å². The first kappa shape index (κ1) is 57.5. The van der Waals surface area contributed by atoms with Gasteiger partial charge in [0.05, 0.1) is 25.7 Å². The van der Waals surface area contributed by atoms with Crippen molar-refractivity contribution >= 4 is 97.8 Å². The van der Waals surface area contributed by atoms with Crippen LogP contribution in [0.25, 0.3) is 21.5 Å². The fraction of sp³-hybridized carbons (Fsp3) is 0.345. The summed E-state index contributed by atoms with van der Waals surface area (Å²) in [7, 11) is -17.8. The van der Waals surface area contributed by atoms with Gasteiger partial charge in [0.25, 0.3) is 40.5 Å². The average Bonchev–Trinajstić information content (AvgIpc) is 3.81. The molecule has 1 amide bonds. The highest BCUT2D eigenvalue weighted by Crippen LogP contribution is 2.52. The largest absolute Gasteiger partial charge is 0.457 e. The van der Waals surface area contributed by atoms with Crippen molar-refractivity contribution in [1.82, 2.24) is 4.72 Å². The van der Waals surface area contributed by atoms with Crippen LogP contribution >= 0.6 is 12.8 Å². The highest BCUT2D eigenvalue weighted by molar-refractivity contribution is 7.87. The van der Waals surface area contributed by atoms with Gasteiger partial charge in [0.1, 0.15) is 11.5 Å². The predicted molar refractivity (Wildman–Crippen MR) is 301 cm³/mol. The maximum absolute atomic E-state index is 12.3. The van der Waals surface area contributed by atoms with E-state index in [-0.39, 0.29) is 48.1 Å². The molecular weight excluding hydrogens is 1090 g/mol. The number of carbonyl (C=O) groups is 1. The molecule has 2 heterocycles. The summed E-state index contributed by atoms with van der Waals surface area (Å²) >= 11 is 3.86. The SMILES string of the molecule is CC(CCN1/C(=C/C=C2\CCCC(/C=C/C3=[N+](CCC(C)S(=O)(=O)O)c4ccc5cc(S(=O)(=O)O)ccc5c4C3(C)C)=C2Oc2ccc(CCC(=O)NS)cc2)C(C)(C)c2c1ccc1cc(S(=O)(=O)O)ccc21)S(=O)(=O)O. The number of benzene rings is 5. The van der Waals surface area contributed by atoms with Crippen LogP contribution in [-0.2, 0) is 62.5 Å². The van der Waals surface area contributed by atoms with Gasteiger partial charge < -0.3 is 14.4 Å². The number of allylic oxidation sites excluding steroid dienone is 7. The van der Waals surface area contributed by atoms with Crippen LogP contribution in [-0.4, -0.2) is 91.7 Å². The quantitative estimate of drug-likeness (QED) is 0.0271. The minimum absolute atomic E-state index is 0.0622. The van der Waals surface area contributed by atoms with Crippen LogP contribution in [0, 0.1) is 0 Å². The molecule has 0 saturated carbocycles. The number of hydrogen-bond donors (Lipinski definition) is 6. The lowest BCUT2D eigenvalue weighted by Gasteiger charge is -2.28. The Balaban J connectivity index is 1.28. The average molecular weight is 1150 g/mol. The highest BCUT2D eigenvalue weighted by Gasteiger charge is 2.46. The van der Waals surface area contributed by atoms with E-state index in [0.717, 1.165) is 61.4 Å². The van der Waals surface area contributed by atoms with Gasteiger partial charge in [-0.1, -0.05) is 63.1 Å². The number of anilines is 1. The second kappa shape index (κ2) is 21.5. The van der Waals surface area contributed by atoms with Crippen LogP contribution in [0.1, 0.15) is 96.8 Å². The van der Waals surface area contributed by atoms with E-state index in [1.165, 1.54) is 38.1 Å². The topological polar surface area (TPSA) is 262 Å². The predicted octanol–water partition coefficient (Wildman–Crippen LogP) is 9.77. The maximum Gasteiger partial charge on any atom is 0.294 e. The van der Waals surface area contributed by atoms with Gasteiger partial charge in [-0.05, 0) is 164 Å². The van der Waals surface area contributed by atoms with Gasteiger partial charge in [-0.25, -0.2) is 0 Å². The molecule has 1 aliphatic carbocycles. The Hall–Kier alpha value is -5.69. The lowest BCUT2D eigenvalue weighted by molar-refractivity contribution is -0.438. The lowest BCUT2D eigenvalue weighted by Crippen LogP contribution is -2.30. The summed E-state index contributed by atoms with van der Waals surface area (Å²) in [6, 6.07) is 23.3. The number of aryl methyl sites for hydroxylation is 1. The first-order valence-corrected chi connectivity index (χ1v) is 31.2. The summed E-state index contributed by atoms with van der Waals surface area (Å²) < 4.78 is 149. The highest BCUT2D eigenvalue weighted by atomic mass is 32.2. The number of thiol groups is 1. The molecule has 0 radical (unpaired) electrons. The van der Waals surface area contributed by atoms with Gasteiger partial charge in [-0.15, -0.1) is 0 Å². The van der Waals surface area contributed by atoms with Crippen molar-refractivity contribution in [3.63, 3.8) is 0 Å². The number of ether oxygens (including phenoxy) is 1. The summed E-state index contributed by atoms with van der Waals surface area (Å²) in [5, 5.41) is 0.382. The van der Waals surface area contributed by atoms with Crippen LogP contribution < -0.4 is 14.4 Å². The molecule has 8 rings (SSSR count). The molecule has 5 aromatic rings. The number of fused-ring (bicyclic) bond motifs is 6. The summed E-state index contributed by atoms with van der Waals surface area (Å²) in [5.74, 6) is 0.841. The molecule has 0 saturated heterocycles. The molecule has 410 valence electrons. The van der Waals surface area contributed by atoms with E-state index in [4.69, 9.17) is 4.74 Å². The van der Waals surface area contributed by atoms with Crippen molar-refractivity contribution in [3.05, 3.63) is 149 Å². The summed E-state index contributed by atoms with van der Waals surface area (Å²) in [5.41, 5.74) is 5.71. The van der Waals surface area contributed by atoms with E-state index in [2.05, 4.69) is 17.5 Å². The van der Waals surface area contributed by atoms with Crippen LogP contribution in [0.4, 0.5) is 11.4 Å². The third-order valence-corrected chi connectivity index (χ3v) is 19.5. The van der Waals surface area contributed by atoms with Gasteiger partial charge >= 0.3 is 0 Å². The Morgan fingerprint density at radius 2 is 1.31 bits per heavy atom. The van der Waals surface area contributed by atoms with E-state index in [9.17, 15) is 56.7 Å². The first-order chi connectivity index (χ1) is 35.9. The number of nitrogens with zero attached hydrogens (tertiary/aromatic N) is 2. The molecule has 2 unspecified atom stereocenters. The van der Waals surface area contributed by atoms with Gasteiger partial charge in [0, 0.05) is 53.9 Å². The van der Waals surface area contributed by atoms with Crippen molar-refractivity contribution < 1.29 is 66.0 Å². The molecule has 2 atom stereocenters. The van der Waals surface area contributed by atoms with Crippen LogP contribution in [0.5, 0.6) is 5.75 Å². The van der Waals surface area contributed by atoms with Crippen molar-refractivity contribution in [2.24, 2.45) is 0 Å². The minimum Gasteiger partial charge on any atom is -0.457 e. The Labute approximate surface area is 455 Å². The Morgan fingerprint density at radius 3 is 1.90 bits per heavy atom. The molecular formula is C55H62N3O14S5+. The smallest absolute Gasteiger partial charge is 0.294 e. The van der Waals surface area contributed by atoms with Gasteiger partial charge in [0.2, 0.25) is 11.6 Å². The first-order valence-electron chi connectivity index (χ1n) is 24.9. The molecule has 0 aromatic heterocycles. The molecule has 5 N–H and O–H groups in total. The monoisotopic (exact) mass is 1150 g/mol. The van der Waals surface area contributed by atoms with Gasteiger partial charge in [-0.3, -0.25) is 23.0 Å². The molecule has 3 aliphatic rings. The number of hydrogen-bond acceptors (Lipinski definition) is 12. The van der Waals surface area contributed by atoms with E-state index in [1.807, 2.05) is 97.9 Å². The van der Waals surface area contributed by atoms with E-state index < -0.39 is 61.8 Å². The normalized spacial score (nSPS) is 18.7. The number of rotatable bonds is 18. The van der Waals surface area contributed by atoms with E-state index in [1.54, 1.807) is 24.3 Å². The zero-order chi connectivity index (χ0) is 56.2. The molecule has 22 heteroatoms. The van der Waals surface area contributed by atoms with Gasteiger partial charge in [0.15, 0.2) is 12.3 Å². The van der Waals surface area contributed by atoms with Crippen molar-refractivity contribution in [2.45, 2.75) is 118 Å². The molecule has 0 fully saturated rings. The third kappa shape index (κ3) is 12.0. The number of nitrogens with one attached hydrogen (secondary N) is 1. The van der Waals surface area contributed by atoms with Crippen LogP contribution in [0.2, 0.25) is 0 Å². The second-order valence-electron chi connectivity index (χ2n) is 20.9. The second-order valence-corrected chi connectivity index (χ2v) is 27.6. The fourth-order valence-corrected chi connectivity index (χ4v) is 12.7. The third-order valence-electron chi connectivity index (χ3n) is 15.0. The molecule has 17 nitrogen and oxygen atoms in total. The van der Waals surface area contributed by atoms with E-state index in [0.29, 0.717) is 48.0 Å².